The highest BCUT2D eigenvalue weighted by molar-refractivity contribution is 5.70. The van der Waals surface area contributed by atoms with Crippen molar-refractivity contribution in [3.8, 4) is 11.8 Å². The first kappa shape index (κ1) is 12.4. The van der Waals surface area contributed by atoms with E-state index in [2.05, 4.69) is 20.3 Å². The van der Waals surface area contributed by atoms with E-state index in [0.29, 0.717) is 4.68 Å². The molecule has 0 radical (unpaired) electrons. The SMILES string of the molecule is COC(=O)n1nnnc1Oc1ccc([N+](=O)[O-])cc1. The molecule has 0 fully saturated rings. The van der Waals surface area contributed by atoms with Gasteiger partial charge in [-0.05, 0) is 22.6 Å². The quantitative estimate of drug-likeness (QED) is 0.457. The zero-order valence-electron chi connectivity index (χ0n) is 9.59. The number of tetrazole rings is 1. The second-order valence-electron chi connectivity index (χ2n) is 3.20. The van der Waals surface area contributed by atoms with Gasteiger partial charge in [0.1, 0.15) is 5.75 Å². The van der Waals surface area contributed by atoms with Gasteiger partial charge in [0.2, 0.25) is 0 Å². The zero-order valence-corrected chi connectivity index (χ0v) is 9.59. The molecule has 0 saturated heterocycles. The Bertz CT molecular complexity index is 608. The Hall–Kier alpha value is -3.04. The molecule has 2 rings (SSSR count). The second-order valence-corrected chi connectivity index (χ2v) is 3.20. The fraction of sp³-hybridized carbons (Fsp3) is 0.111. The second kappa shape index (κ2) is 5.08. The fourth-order valence-corrected chi connectivity index (χ4v) is 1.18. The molecule has 98 valence electrons. The Balaban J connectivity index is 2.19. The van der Waals surface area contributed by atoms with Crippen LogP contribution in [0.4, 0.5) is 10.5 Å². The molecule has 0 aliphatic rings. The number of carbonyl (C=O) groups is 1. The van der Waals surface area contributed by atoms with Crippen molar-refractivity contribution in [3.63, 3.8) is 0 Å². The average Bonchev–Trinajstić information content (AvgIpc) is 2.86. The number of hydrogen-bond acceptors (Lipinski definition) is 8. The van der Waals surface area contributed by atoms with Gasteiger partial charge in [-0.1, -0.05) is 9.78 Å². The third-order valence-electron chi connectivity index (χ3n) is 2.05. The minimum atomic E-state index is -0.818. The van der Waals surface area contributed by atoms with Crippen molar-refractivity contribution in [2.45, 2.75) is 0 Å². The highest BCUT2D eigenvalue weighted by Gasteiger charge is 2.16. The van der Waals surface area contributed by atoms with Crippen LogP contribution in [-0.4, -0.2) is 38.3 Å². The van der Waals surface area contributed by atoms with Crippen molar-refractivity contribution in [1.82, 2.24) is 20.2 Å². The summed E-state index contributed by atoms with van der Waals surface area (Å²) in [5.74, 6) is 0.241. The van der Waals surface area contributed by atoms with E-state index in [4.69, 9.17) is 4.74 Å². The molecule has 2 aromatic rings. The van der Waals surface area contributed by atoms with Gasteiger partial charge in [-0.25, -0.2) is 4.79 Å². The molecule has 19 heavy (non-hydrogen) atoms. The van der Waals surface area contributed by atoms with Gasteiger partial charge in [-0.2, -0.15) is 0 Å². The van der Waals surface area contributed by atoms with Crippen LogP contribution < -0.4 is 4.74 Å². The molecule has 0 unspecified atom stereocenters. The molecular weight excluding hydrogens is 258 g/mol. The lowest BCUT2D eigenvalue weighted by molar-refractivity contribution is -0.384. The molecule has 10 nitrogen and oxygen atoms in total. The molecule has 1 aromatic carbocycles. The predicted molar refractivity (Wildman–Crippen MR) is 58.8 cm³/mol. The maximum Gasteiger partial charge on any atom is 0.440 e. The number of non-ortho nitro benzene ring substituents is 1. The van der Waals surface area contributed by atoms with Crippen LogP contribution in [0.3, 0.4) is 0 Å². The number of methoxy groups -OCH3 is 1. The third kappa shape index (κ3) is 2.62. The Morgan fingerprint density at radius 2 is 2.05 bits per heavy atom. The summed E-state index contributed by atoms with van der Waals surface area (Å²) in [5, 5.41) is 20.6. The molecule has 0 amide bonds. The van der Waals surface area contributed by atoms with Gasteiger partial charge >= 0.3 is 12.1 Å². The van der Waals surface area contributed by atoms with Crippen LogP contribution in [0.15, 0.2) is 24.3 Å². The van der Waals surface area contributed by atoms with Crippen molar-refractivity contribution in [1.29, 1.82) is 0 Å². The number of aromatic nitrogens is 4. The van der Waals surface area contributed by atoms with Gasteiger partial charge in [0.15, 0.2) is 0 Å². The summed E-state index contributed by atoms with van der Waals surface area (Å²) >= 11 is 0. The third-order valence-corrected chi connectivity index (χ3v) is 2.05. The van der Waals surface area contributed by atoms with Gasteiger partial charge in [0.05, 0.1) is 12.0 Å². The largest absolute Gasteiger partial charge is 0.451 e. The van der Waals surface area contributed by atoms with Crippen LogP contribution in [0.2, 0.25) is 0 Å². The van der Waals surface area contributed by atoms with Crippen molar-refractivity contribution in [2.24, 2.45) is 0 Å². The molecule has 0 bridgehead atoms. The smallest absolute Gasteiger partial charge is 0.440 e. The Labute approximate surface area is 105 Å². The van der Waals surface area contributed by atoms with Crippen LogP contribution in [0.25, 0.3) is 0 Å². The van der Waals surface area contributed by atoms with E-state index in [-0.39, 0.29) is 17.4 Å². The van der Waals surface area contributed by atoms with E-state index >= 15 is 0 Å². The monoisotopic (exact) mass is 265 g/mol. The van der Waals surface area contributed by atoms with Crippen molar-refractivity contribution in [2.75, 3.05) is 7.11 Å². The molecule has 0 spiro atoms. The number of hydrogen-bond donors (Lipinski definition) is 0. The van der Waals surface area contributed by atoms with Crippen LogP contribution in [0, 0.1) is 10.1 Å². The van der Waals surface area contributed by atoms with Gasteiger partial charge in [-0.15, -0.1) is 0 Å². The van der Waals surface area contributed by atoms with Crippen molar-refractivity contribution < 1.29 is 19.2 Å². The Morgan fingerprint density at radius 1 is 1.37 bits per heavy atom. The molecule has 0 N–H and O–H groups in total. The molecule has 0 atom stereocenters. The lowest BCUT2D eigenvalue weighted by Gasteiger charge is -2.03. The van der Waals surface area contributed by atoms with Crippen LogP contribution >= 0.6 is 0 Å². The van der Waals surface area contributed by atoms with E-state index in [1.54, 1.807) is 0 Å². The fourth-order valence-electron chi connectivity index (χ4n) is 1.18. The summed E-state index contributed by atoms with van der Waals surface area (Å²) in [7, 11) is 1.17. The summed E-state index contributed by atoms with van der Waals surface area (Å²) < 4.78 is 10.4. The molecule has 1 heterocycles. The van der Waals surface area contributed by atoms with Gasteiger partial charge < -0.3 is 9.47 Å². The van der Waals surface area contributed by atoms with E-state index in [0.717, 1.165) is 0 Å². The van der Waals surface area contributed by atoms with Gasteiger partial charge in [0.25, 0.3) is 5.69 Å². The minimum absolute atomic E-state index is 0.0834. The number of nitrogens with zero attached hydrogens (tertiary/aromatic N) is 5. The van der Waals surface area contributed by atoms with Crippen LogP contribution in [-0.2, 0) is 4.74 Å². The average molecular weight is 265 g/mol. The Morgan fingerprint density at radius 3 is 2.63 bits per heavy atom. The van der Waals surface area contributed by atoms with Crippen LogP contribution in [0.5, 0.6) is 11.8 Å². The lowest BCUT2D eigenvalue weighted by Crippen LogP contribution is -2.14. The molecule has 0 aliphatic carbocycles. The van der Waals surface area contributed by atoms with Gasteiger partial charge in [-0.3, -0.25) is 10.1 Å². The maximum absolute atomic E-state index is 11.3. The predicted octanol–water partition coefficient (Wildman–Crippen LogP) is 0.988. The highest BCUT2D eigenvalue weighted by atomic mass is 16.6. The van der Waals surface area contributed by atoms with E-state index in [1.165, 1.54) is 31.4 Å². The lowest BCUT2D eigenvalue weighted by atomic mass is 10.3. The first-order valence-electron chi connectivity index (χ1n) is 4.91. The summed E-state index contributed by atoms with van der Waals surface area (Å²) in [6.45, 7) is 0. The highest BCUT2D eigenvalue weighted by Crippen LogP contribution is 2.21. The molecular formula is C9H7N5O5. The summed E-state index contributed by atoms with van der Waals surface area (Å²) in [6, 6.07) is 5.01. The van der Waals surface area contributed by atoms with Gasteiger partial charge in [0, 0.05) is 12.1 Å². The van der Waals surface area contributed by atoms with Crippen molar-refractivity contribution >= 4 is 11.8 Å². The van der Waals surface area contributed by atoms with E-state index in [9.17, 15) is 14.9 Å². The topological polar surface area (TPSA) is 122 Å². The molecule has 0 aliphatic heterocycles. The molecule has 1 aromatic heterocycles. The minimum Gasteiger partial charge on any atom is -0.451 e. The number of carbonyl (C=O) groups excluding carboxylic acids is 1. The number of nitro benzene ring substituents is 1. The number of rotatable bonds is 3. The van der Waals surface area contributed by atoms with Crippen molar-refractivity contribution in [3.05, 3.63) is 34.4 Å². The first-order chi connectivity index (χ1) is 9.11. The first-order valence-corrected chi connectivity index (χ1v) is 4.91. The standard InChI is InChI=1S/C9H7N5O5/c1-18-9(15)13-8(10-11-12-13)19-7-4-2-6(3-5-7)14(16)17/h2-5H,1H3. The van der Waals surface area contributed by atoms with E-state index < -0.39 is 11.0 Å². The summed E-state index contributed by atoms with van der Waals surface area (Å²) in [5.41, 5.74) is -0.0834. The number of benzene rings is 1. The normalized spacial score (nSPS) is 9.95. The van der Waals surface area contributed by atoms with E-state index in [1.807, 2.05) is 0 Å². The molecule has 10 heteroatoms. The number of ether oxygens (including phenoxy) is 2. The maximum atomic E-state index is 11.3. The zero-order chi connectivity index (χ0) is 13.8. The summed E-state index contributed by atoms with van der Waals surface area (Å²) in [6.07, 6.45) is -0.818. The Kier molecular flexibility index (Phi) is 3.32. The molecule has 0 saturated carbocycles. The summed E-state index contributed by atoms with van der Waals surface area (Å²) in [4.78, 5) is 21.2. The van der Waals surface area contributed by atoms with Crippen LogP contribution in [0.1, 0.15) is 0 Å². The number of nitro groups is 1.